The summed E-state index contributed by atoms with van der Waals surface area (Å²) in [6.07, 6.45) is -3.15. The second kappa shape index (κ2) is 7.98. The molecule has 7 heteroatoms. The number of ether oxygens (including phenoxy) is 1. The first-order chi connectivity index (χ1) is 9.69. The second-order valence-corrected chi connectivity index (χ2v) is 5.90. The minimum atomic E-state index is -4.41. The fourth-order valence-corrected chi connectivity index (χ4v) is 2.44. The van der Waals surface area contributed by atoms with Crippen LogP contribution in [0.2, 0.25) is 0 Å². The lowest BCUT2D eigenvalue weighted by Crippen LogP contribution is -2.48. The van der Waals surface area contributed by atoms with Gasteiger partial charge < -0.3 is 10.1 Å². The van der Waals surface area contributed by atoms with Crippen LogP contribution in [0, 0.1) is 5.92 Å². The van der Waals surface area contributed by atoms with Crippen molar-refractivity contribution < 1.29 is 22.7 Å². The van der Waals surface area contributed by atoms with E-state index >= 15 is 0 Å². The van der Waals surface area contributed by atoms with Crippen molar-refractivity contribution in [3.05, 3.63) is 0 Å². The predicted octanol–water partition coefficient (Wildman–Crippen LogP) is 2.19. The Hall–Kier alpha value is -0.820. The third-order valence-corrected chi connectivity index (χ3v) is 3.75. The van der Waals surface area contributed by atoms with Crippen LogP contribution in [0.5, 0.6) is 0 Å². The van der Waals surface area contributed by atoms with Gasteiger partial charge in [-0.15, -0.1) is 0 Å². The summed E-state index contributed by atoms with van der Waals surface area (Å²) < 4.78 is 40.5. The number of hydrogen-bond donors (Lipinski definition) is 1. The molecule has 1 heterocycles. The Morgan fingerprint density at radius 1 is 1.43 bits per heavy atom. The molecule has 3 atom stereocenters. The summed E-state index contributed by atoms with van der Waals surface area (Å²) in [5.74, 6) is 0.141. The Balaban J connectivity index is 2.28. The van der Waals surface area contributed by atoms with E-state index in [0.29, 0.717) is 12.5 Å². The fraction of sp³-hybridized carbons (Fsp3) is 0.929. The minimum Gasteiger partial charge on any atom is -0.359 e. The molecule has 21 heavy (non-hydrogen) atoms. The molecule has 0 unspecified atom stereocenters. The van der Waals surface area contributed by atoms with Crippen molar-refractivity contribution in [2.24, 2.45) is 5.92 Å². The maximum atomic E-state index is 12.0. The number of likely N-dealkylation sites (tertiary alicyclic amines) is 1. The molecule has 0 aromatic rings. The summed E-state index contributed by atoms with van der Waals surface area (Å²) in [5.41, 5.74) is 0. The Bertz CT molecular complexity index is 337. The first-order valence-corrected chi connectivity index (χ1v) is 7.39. The van der Waals surface area contributed by atoms with Crippen LogP contribution in [0.25, 0.3) is 0 Å². The maximum Gasteiger partial charge on any atom is 0.411 e. The highest BCUT2D eigenvalue weighted by atomic mass is 19.4. The van der Waals surface area contributed by atoms with Gasteiger partial charge in [0.2, 0.25) is 5.91 Å². The van der Waals surface area contributed by atoms with Gasteiger partial charge in [-0.25, -0.2) is 0 Å². The van der Waals surface area contributed by atoms with Crippen LogP contribution in [0.15, 0.2) is 0 Å². The van der Waals surface area contributed by atoms with E-state index in [1.807, 2.05) is 6.92 Å². The number of amides is 1. The van der Waals surface area contributed by atoms with E-state index in [-0.39, 0.29) is 6.04 Å². The van der Waals surface area contributed by atoms with Gasteiger partial charge in [0.25, 0.3) is 0 Å². The third-order valence-electron chi connectivity index (χ3n) is 3.75. The summed E-state index contributed by atoms with van der Waals surface area (Å²) in [5, 5.41) is 2.66. The largest absolute Gasteiger partial charge is 0.411 e. The Morgan fingerprint density at radius 2 is 2.10 bits per heavy atom. The first kappa shape index (κ1) is 18.2. The number of piperidine rings is 1. The quantitative estimate of drug-likeness (QED) is 0.818. The lowest BCUT2D eigenvalue weighted by Gasteiger charge is -2.35. The molecule has 0 radical (unpaired) electrons. The van der Waals surface area contributed by atoms with E-state index in [2.05, 4.69) is 21.9 Å². The highest BCUT2D eigenvalue weighted by Crippen LogP contribution is 2.17. The molecule has 124 valence electrons. The van der Waals surface area contributed by atoms with Gasteiger partial charge in [-0.05, 0) is 39.2 Å². The second-order valence-electron chi connectivity index (χ2n) is 5.90. The number of nitrogens with zero attached hydrogens (tertiary/aromatic N) is 1. The summed E-state index contributed by atoms with van der Waals surface area (Å²) >= 11 is 0. The average Bonchev–Trinajstić information content (AvgIpc) is 2.40. The van der Waals surface area contributed by atoms with Crippen molar-refractivity contribution >= 4 is 5.91 Å². The van der Waals surface area contributed by atoms with Gasteiger partial charge in [0.1, 0.15) is 12.7 Å². The van der Waals surface area contributed by atoms with E-state index in [1.54, 1.807) is 0 Å². The molecule has 1 fully saturated rings. The number of hydrogen-bond acceptors (Lipinski definition) is 3. The zero-order valence-electron chi connectivity index (χ0n) is 12.9. The lowest BCUT2D eigenvalue weighted by atomic mass is 9.99. The molecule has 0 spiro atoms. The van der Waals surface area contributed by atoms with Crippen molar-refractivity contribution in [3.63, 3.8) is 0 Å². The van der Waals surface area contributed by atoms with Crippen molar-refractivity contribution in [3.8, 4) is 0 Å². The van der Waals surface area contributed by atoms with E-state index in [1.165, 1.54) is 13.3 Å². The van der Waals surface area contributed by atoms with Crippen molar-refractivity contribution in [2.75, 3.05) is 26.2 Å². The van der Waals surface area contributed by atoms with Crippen LogP contribution in [0.1, 0.15) is 33.6 Å². The average molecular weight is 310 g/mol. The molecule has 0 bridgehead atoms. The normalized spacial score (nSPS) is 23.6. The van der Waals surface area contributed by atoms with Gasteiger partial charge in [0.15, 0.2) is 0 Å². The summed E-state index contributed by atoms with van der Waals surface area (Å²) in [6, 6.07) is 0.173. The van der Waals surface area contributed by atoms with Crippen molar-refractivity contribution in [1.29, 1.82) is 0 Å². The van der Waals surface area contributed by atoms with Gasteiger partial charge in [-0.2, -0.15) is 13.2 Å². The number of carbonyl (C=O) groups is 1. The summed E-state index contributed by atoms with van der Waals surface area (Å²) in [4.78, 5) is 14.0. The van der Waals surface area contributed by atoms with Gasteiger partial charge >= 0.3 is 6.18 Å². The van der Waals surface area contributed by atoms with E-state index < -0.39 is 24.8 Å². The van der Waals surface area contributed by atoms with E-state index in [9.17, 15) is 18.0 Å². The van der Waals surface area contributed by atoms with Crippen LogP contribution in [0.4, 0.5) is 13.2 Å². The number of carbonyl (C=O) groups excluding carboxylic acids is 1. The Kier molecular flexibility index (Phi) is 6.93. The zero-order valence-corrected chi connectivity index (χ0v) is 12.9. The zero-order chi connectivity index (χ0) is 16.0. The topological polar surface area (TPSA) is 41.6 Å². The van der Waals surface area contributed by atoms with Gasteiger partial charge in [0, 0.05) is 19.1 Å². The number of alkyl halides is 3. The standard InChI is InChI=1S/C14H25F3N2O2/c1-10-5-4-6-19(8-10)11(2)7-18-13(20)12(3)21-9-14(15,16)17/h10-12H,4-9H2,1-3H3,(H,18,20)/t10-,11-,12+/m1/s1. The number of halogens is 3. The first-order valence-electron chi connectivity index (χ1n) is 7.39. The van der Waals surface area contributed by atoms with Crippen LogP contribution < -0.4 is 5.32 Å². The molecule has 0 aromatic heterocycles. The predicted molar refractivity (Wildman–Crippen MR) is 73.9 cm³/mol. The summed E-state index contributed by atoms with van der Waals surface area (Å²) in [6.45, 7) is 6.56. The minimum absolute atomic E-state index is 0.173. The molecule has 0 saturated carbocycles. The number of rotatable bonds is 6. The summed E-state index contributed by atoms with van der Waals surface area (Å²) in [7, 11) is 0. The molecule has 1 amide bonds. The van der Waals surface area contributed by atoms with E-state index in [0.717, 1.165) is 19.5 Å². The van der Waals surface area contributed by atoms with Gasteiger partial charge in [0.05, 0.1) is 0 Å². The molecule has 1 aliphatic rings. The highest BCUT2D eigenvalue weighted by Gasteiger charge is 2.30. The van der Waals surface area contributed by atoms with Gasteiger partial charge in [-0.3, -0.25) is 9.69 Å². The van der Waals surface area contributed by atoms with Crippen LogP contribution in [0.3, 0.4) is 0 Å². The Morgan fingerprint density at radius 3 is 2.67 bits per heavy atom. The lowest BCUT2D eigenvalue weighted by molar-refractivity contribution is -0.185. The van der Waals surface area contributed by atoms with Crippen LogP contribution in [-0.4, -0.2) is 55.4 Å². The molecule has 0 aromatic carbocycles. The molecule has 1 rings (SSSR count). The van der Waals surface area contributed by atoms with Crippen LogP contribution in [-0.2, 0) is 9.53 Å². The number of nitrogens with one attached hydrogen (secondary N) is 1. The third kappa shape index (κ3) is 7.13. The molecule has 1 N–H and O–H groups in total. The molecular formula is C14H25F3N2O2. The fourth-order valence-electron chi connectivity index (χ4n) is 2.44. The maximum absolute atomic E-state index is 12.0. The Labute approximate surface area is 124 Å². The smallest absolute Gasteiger partial charge is 0.359 e. The molecule has 4 nitrogen and oxygen atoms in total. The van der Waals surface area contributed by atoms with Crippen molar-refractivity contribution in [2.45, 2.75) is 51.9 Å². The van der Waals surface area contributed by atoms with Crippen molar-refractivity contribution in [1.82, 2.24) is 10.2 Å². The monoisotopic (exact) mass is 310 g/mol. The molecule has 1 aliphatic heterocycles. The SMILES string of the molecule is C[C@@H]1CCCN([C@H](C)CNC(=O)[C@H](C)OCC(F)(F)F)C1. The van der Waals surface area contributed by atoms with E-state index in [4.69, 9.17) is 0 Å². The highest BCUT2D eigenvalue weighted by molar-refractivity contribution is 5.80. The molecular weight excluding hydrogens is 285 g/mol. The molecule has 0 aliphatic carbocycles. The molecule has 1 saturated heterocycles. The van der Waals surface area contributed by atoms with Gasteiger partial charge in [-0.1, -0.05) is 6.92 Å². The van der Waals surface area contributed by atoms with Crippen LogP contribution >= 0.6 is 0 Å².